The first kappa shape index (κ1) is 20.5. The van der Waals surface area contributed by atoms with Crippen LogP contribution >= 0.6 is 23.7 Å². The van der Waals surface area contributed by atoms with Crippen molar-refractivity contribution in [2.24, 2.45) is 5.73 Å². The summed E-state index contributed by atoms with van der Waals surface area (Å²) in [7, 11) is -3.51. The van der Waals surface area contributed by atoms with E-state index in [9.17, 15) is 13.2 Å². The van der Waals surface area contributed by atoms with Crippen LogP contribution in [0.3, 0.4) is 0 Å². The quantitative estimate of drug-likeness (QED) is 0.668. The van der Waals surface area contributed by atoms with E-state index in [4.69, 9.17) is 5.73 Å². The molecule has 24 heavy (non-hydrogen) atoms. The molecule has 0 unspecified atom stereocenters. The number of aromatic nitrogens is 1. The van der Waals surface area contributed by atoms with Gasteiger partial charge in [0.25, 0.3) is 5.91 Å². The van der Waals surface area contributed by atoms with E-state index in [0.29, 0.717) is 23.7 Å². The van der Waals surface area contributed by atoms with Gasteiger partial charge in [0.2, 0.25) is 10.0 Å². The molecule has 10 heteroatoms. The van der Waals surface area contributed by atoms with Crippen LogP contribution in [0.2, 0.25) is 0 Å². The Kier molecular flexibility index (Phi) is 7.77. The maximum absolute atomic E-state index is 12.0. The van der Waals surface area contributed by atoms with Crippen LogP contribution in [-0.4, -0.2) is 25.9 Å². The number of benzene rings is 1. The van der Waals surface area contributed by atoms with Crippen molar-refractivity contribution in [2.75, 3.05) is 11.9 Å². The van der Waals surface area contributed by atoms with E-state index in [1.807, 2.05) is 6.92 Å². The molecular weight excluding hydrogens is 372 g/mol. The molecule has 0 aliphatic carbocycles. The van der Waals surface area contributed by atoms with Gasteiger partial charge in [-0.25, -0.2) is 18.1 Å². The van der Waals surface area contributed by atoms with Crippen molar-refractivity contribution in [1.82, 2.24) is 9.71 Å². The van der Waals surface area contributed by atoms with Gasteiger partial charge in [-0.2, -0.15) is 0 Å². The van der Waals surface area contributed by atoms with Crippen LogP contribution in [0.25, 0.3) is 0 Å². The second kappa shape index (κ2) is 9.09. The lowest BCUT2D eigenvalue weighted by Crippen LogP contribution is -2.24. The smallest absolute Gasteiger partial charge is 0.275 e. The number of anilines is 1. The molecule has 7 nitrogen and oxygen atoms in total. The van der Waals surface area contributed by atoms with E-state index < -0.39 is 10.0 Å². The molecule has 0 bridgehead atoms. The number of hydrogen-bond donors (Lipinski definition) is 3. The number of nitrogens with two attached hydrogens (primary N) is 1. The Morgan fingerprint density at radius 3 is 2.50 bits per heavy atom. The average Bonchev–Trinajstić information content (AvgIpc) is 3.03. The van der Waals surface area contributed by atoms with Crippen LogP contribution in [-0.2, 0) is 16.6 Å². The number of carbonyl (C=O) groups excluding carboxylic acids is 1. The van der Waals surface area contributed by atoms with Crippen LogP contribution in [0, 0.1) is 0 Å². The number of hydrogen-bond acceptors (Lipinski definition) is 6. The number of amides is 1. The third kappa shape index (κ3) is 5.25. The SMILES string of the molecule is CCCNS(=O)(=O)c1ccc(NC(=O)c2csc(CN)n2)cc1.Cl. The molecule has 0 spiro atoms. The van der Waals surface area contributed by atoms with Gasteiger partial charge in [0, 0.05) is 24.2 Å². The topological polar surface area (TPSA) is 114 Å². The molecule has 2 rings (SSSR count). The fraction of sp³-hybridized carbons (Fsp3) is 0.286. The molecule has 0 saturated carbocycles. The van der Waals surface area contributed by atoms with Gasteiger partial charge in [-0.1, -0.05) is 6.92 Å². The second-order valence-corrected chi connectivity index (χ2v) is 7.42. The molecule has 1 amide bonds. The molecule has 0 saturated heterocycles. The lowest BCUT2D eigenvalue weighted by molar-refractivity contribution is 0.102. The van der Waals surface area contributed by atoms with Gasteiger partial charge in [0.1, 0.15) is 10.7 Å². The number of carbonyl (C=O) groups is 1. The van der Waals surface area contributed by atoms with E-state index in [-0.39, 0.29) is 35.4 Å². The lowest BCUT2D eigenvalue weighted by Gasteiger charge is -2.07. The van der Waals surface area contributed by atoms with Gasteiger partial charge < -0.3 is 11.1 Å². The fourth-order valence-corrected chi connectivity index (χ4v) is 3.53. The van der Waals surface area contributed by atoms with Gasteiger partial charge in [-0.3, -0.25) is 4.79 Å². The zero-order valence-electron chi connectivity index (χ0n) is 13.0. The normalized spacial score (nSPS) is 10.9. The maximum atomic E-state index is 12.0. The van der Waals surface area contributed by atoms with Gasteiger partial charge >= 0.3 is 0 Å². The standard InChI is InChI=1S/C14H18N4O3S2.ClH/c1-2-7-16-23(20,21)11-5-3-10(4-6-11)17-14(19)12-9-22-13(8-15)18-12;/h3-6,9,16H,2,7-8,15H2,1H3,(H,17,19);1H. The van der Waals surface area contributed by atoms with E-state index in [2.05, 4.69) is 15.0 Å². The Bertz CT molecular complexity index is 776. The van der Waals surface area contributed by atoms with Crippen LogP contribution in [0.15, 0.2) is 34.5 Å². The highest BCUT2D eigenvalue weighted by atomic mass is 35.5. The summed E-state index contributed by atoms with van der Waals surface area (Å²) < 4.78 is 26.4. The Morgan fingerprint density at radius 1 is 1.29 bits per heavy atom. The minimum Gasteiger partial charge on any atom is -0.325 e. The molecule has 0 radical (unpaired) electrons. The monoisotopic (exact) mass is 390 g/mol. The van der Waals surface area contributed by atoms with Crippen LogP contribution < -0.4 is 15.8 Å². The molecule has 1 heterocycles. The molecule has 0 atom stereocenters. The Labute approximate surface area is 151 Å². The number of halogens is 1. The van der Waals surface area contributed by atoms with E-state index in [0.717, 1.165) is 0 Å². The zero-order valence-corrected chi connectivity index (χ0v) is 15.4. The molecule has 0 aliphatic heterocycles. The van der Waals surface area contributed by atoms with Crippen molar-refractivity contribution in [2.45, 2.75) is 24.8 Å². The lowest BCUT2D eigenvalue weighted by atomic mass is 10.3. The summed E-state index contributed by atoms with van der Waals surface area (Å²) in [4.78, 5) is 16.3. The summed E-state index contributed by atoms with van der Waals surface area (Å²) in [6.45, 7) is 2.55. The summed E-state index contributed by atoms with van der Waals surface area (Å²) in [6.07, 6.45) is 0.714. The maximum Gasteiger partial charge on any atom is 0.275 e. The second-order valence-electron chi connectivity index (χ2n) is 4.71. The highest BCUT2D eigenvalue weighted by Crippen LogP contribution is 2.16. The fourth-order valence-electron chi connectivity index (χ4n) is 1.74. The van der Waals surface area contributed by atoms with Crippen molar-refractivity contribution in [3.8, 4) is 0 Å². The summed E-state index contributed by atoms with van der Waals surface area (Å²) in [6, 6.07) is 5.96. The number of sulfonamides is 1. The first-order valence-electron chi connectivity index (χ1n) is 7.02. The first-order valence-corrected chi connectivity index (χ1v) is 9.38. The van der Waals surface area contributed by atoms with Crippen molar-refractivity contribution in [3.05, 3.63) is 40.3 Å². The molecule has 1 aromatic heterocycles. The first-order chi connectivity index (χ1) is 11.0. The van der Waals surface area contributed by atoms with Crippen molar-refractivity contribution in [1.29, 1.82) is 0 Å². The van der Waals surface area contributed by atoms with E-state index >= 15 is 0 Å². The average molecular weight is 391 g/mol. The predicted molar refractivity (Wildman–Crippen MR) is 97.1 cm³/mol. The highest BCUT2D eigenvalue weighted by molar-refractivity contribution is 7.89. The Morgan fingerprint density at radius 2 is 1.96 bits per heavy atom. The summed E-state index contributed by atoms with van der Waals surface area (Å²) in [5.41, 5.74) is 6.24. The largest absolute Gasteiger partial charge is 0.325 e. The van der Waals surface area contributed by atoms with Crippen molar-refractivity contribution in [3.63, 3.8) is 0 Å². The molecule has 4 N–H and O–H groups in total. The molecule has 0 fully saturated rings. The number of thiazole rings is 1. The molecule has 132 valence electrons. The third-order valence-corrected chi connectivity index (χ3v) is 5.27. The Hall–Kier alpha value is -1.52. The van der Waals surface area contributed by atoms with E-state index in [1.165, 1.54) is 35.6 Å². The van der Waals surface area contributed by atoms with Crippen LogP contribution in [0.4, 0.5) is 5.69 Å². The third-order valence-electron chi connectivity index (χ3n) is 2.92. The minimum absolute atomic E-state index is 0. The van der Waals surface area contributed by atoms with Gasteiger partial charge in [-0.05, 0) is 30.7 Å². The number of nitrogens with one attached hydrogen (secondary N) is 2. The molecule has 1 aromatic carbocycles. The van der Waals surface area contributed by atoms with Gasteiger partial charge in [0.05, 0.1) is 4.90 Å². The summed E-state index contributed by atoms with van der Waals surface area (Å²) in [5.74, 6) is -0.360. The summed E-state index contributed by atoms with van der Waals surface area (Å²) in [5, 5.41) is 4.98. The van der Waals surface area contributed by atoms with Crippen LogP contribution in [0.5, 0.6) is 0 Å². The van der Waals surface area contributed by atoms with Crippen molar-refractivity contribution < 1.29 is 13.2 Å². The van der Waals surface area contributed by atoms with E-state index in [1.54, 1.807) is 5.38 Å². The molecule has 2 aromatic rings. The molecular formula is C14H19ClN4O3S2. The number of rotatable bonds is 7. The zero-order chi connectivity index (χ0) is 16.9. The minimum atomic E-state index is -3.51. The Balaban J connectivity index is 0.00000288. The van der Waals surface area contributed by atoms with Gasteiger partial charge in [0.15, 0.2) is 0 Å². The number of nitrogens with zero attached hydrogens (tertiary/aromatic N) is 1. The molecule has 0 aliphatic rings. The van der Waals surface area contributed by atoms with Crippen LogP contribution in [0.1, 0.15) is 28.8 Å². The van der Waals surface area contributed by atoms with Gasteiger partial charge in [-0.15, -0.1) is 23.7 Å². The summed E-state index contributed by atoms with van der Waals surface area (Å²) >= 11 is 1.32. The van der Waals surface area contributed by atoms with Crippen molar-refractivity contribution >= 4 is 45.4 Å². The highest BCUT2D eigenvalue weighted by Gasteiger charge is 2.14. The predicted octanol–water partition coefficient (Wildman–Crippen LogP) is 1.96.